The summed E-state index contributed by atoms with van der Waals surface area (Å²) in [4.78, 5) is 0. The van der Waals surface area contributed by atoms with Crippen LogP contribution in [0.1, 0.15) is 57.2 Å². The maximum atomic E-state index is 11.8. The molecule has 1 aliphatic carbocycles. The van der Waals surface area contributed by atoms with E-state index in [1.54, 1.807) is 0 Å². The molecule has 0 spiro atoms. The van der Waals surface area contributed by atoms with Crippen LogP contribution < -0.4 is 0 Å². The van der Waals surface area contributed by atoms with Crippen LogP contribution in [-0.4, -0.2) is 5.11 Å². The maximum absolute atomic E-state index is 11.8. The van der Waals surface area contributed by atoms with Gasteiger partial charge in [-0.25, -0.2) is 0 Å². The molecule has 1 nitrogen and oxygen atoms in total. The Labute approximate surface area is 129 Å². The topological polar surface area (TPSA) is 20.2 Å². The summed E-state index contributed by atoms with van der Waals surface area (Å²) in [7, 11) is 0. The third kappa shape index (κ3) is 2.38. The standard InChI is InChI=1S/C20H28O/c1-7-9-15(4)17(8-2)20(21)18-12-14(3)10-11-16(18)13-19(20,5)6/h7,10-12,21H,1,8-9,13H2,2-6H3/b17-15+. The first-order valence-electron chi connectivity index (χ1n) is 7.90. The quantitative estimate of drug-likeness (QED) is 0.766. The Bertz CT molecular complexity index is 592. The molecule has 1 aromatic carbocycles. The molecule has 1 unspecified atom stereocenters. The fraction of sp³-hybridized carbons (Fsp3) is 0.500. The van der Waals surface area contributed by atoms with E-state index in [4.69, 9.17) is 0 Å². The Morgan fingerprint density at radius 3 is 2.62 bits per heavy atom. The van der Waals surface area contributed by atoms with Crippen molar-refractivity contribution in [2.24, 2.45) is 5.41 Å². The average Bonchev–Trinajstić information content (AvgIpc) is 2.59. The molecule has 1 N–H and O–H groups in total. The van der Waals surface area contributed by atoms with Crippen LogP contribution in [0.4, 0.5) is 0 Å². The summed E-state index contributed by atoms with van der Waals surface area (Å²) < 4.78 is 0. The third-order valence-corrected chi connectivity index (χ3v) is 5.02. The summed E-state index contributed by atoms with van der Waals surface area (Å²) in [5.74, 6) is 0. The Morgan fingerprint density at radius 2 is 2.05 bits per heavy atom. The molecule has 0 amide bonds. The second kappa shape index (κ2) is 5.46. The highest BCUT2D eigenvalue weighted by atomic mass is 16.3. The highest BCUT2D eigenvalue weighted by molar-refractivity contribution is 5.49. The zero-order valence-corrected chi connectivity index (χ0v) is 14.1. The van der Waals surface area contributed by atoms with Gasteiger partial charge in [-0.1, -0.05) is 56.2 Å². The molecular weight excluding hydrogens is 256 g/mol. The molecule has 1 atom stereocenters. The molecule has 1 aromatic rings. The van der Waals surface area contributed by atoms with E-state index in [2.05, 4.69) is 59.4 Å². The monoisotopic (exact) mass is 284 g/mol. The normalized spacial score (nSPS) is 24.5. The van der Waals surface area contributed by atoms with Crippen LogP contribution in [0.3, 0.4) is 0 Å². The zero-order chi connectivity index (χ0) is 15.8. The fourth-order valence-corrected chi connectivity index (χ4v) is 3.93. The van der Waals surface area contributed by atoms with Crippen molar-refractivity contribution in [1.82, 2.24) is 0 Å². The number of aryl methyl sites for hydroxylation is 1. The highest BCUT2D eigenvalue weighted by Crippen LogP contribution is 2.55. The summed E-state index contributed by atoms with van der Waals surface area (Å²) >= 11 is 0. The summed E-state index contributed by atoms with van der Waals surface area (Å²) in [6.45, 7) is 14.6. The van der Waals surface area contributed by atoms with Crippen LogP contribution in [0.2, 0.25) is 0 Å². The molecule has 1 heteroatoms. The Morgan fingerprint density at radius 1 is 1.38 bits per heavy atom. The van der Waals surface area contributed by atoms with Gasteiger partial charge in [-0.15, -0.1) is 6.58 Å². The van der Waals surface area contributed by atoms with Crippen LogP contribution in [-0.2, 0) is 12.0 Å². The highest BCUT2D eigenvalue weighted by Gasteiger charge is 2.53. The molecule has 0 saturated carbocycles. The minimum atomic E-state index is -0.865. The van der Waals surface area contributed by atoms with Gasteiger partial charge in [0.15, 0.2) is 0 Å². The van der Waals surface area contributed by atoms with Crippen molar-refractivity contribution < 1.29 is 5.11 Å². The van der Waals surface area contributed by atoms with Crippen LogP contribution in [0.25, 0.3) is 0 Å². The van der Waals surface area contributed by atoms with E-state index >= 15 is 0 Å². The van der Waals surface area contributed by atoms with Crippen molar-refractivity contribution >= 4 is 0 Å². The molecule has 0 saturated heterocycles. The minimum absolute atomic E-state index is 0.184. The zero-order valence-electron chi connectivity index (χ0n) is 14.1. The Kier molecular flexibility index (Phi) is 4.17. The summed E-state index contributed by atoms with van der Waals surface area (Å²) in [5.41, 5.74) is 4.96. The molecule has 114 valence electrons. The molecular formula is C20H28O. The number of allylic oxidation sites excluding steroid dienone is 2. The molecule has 1 aliphatic rings. The van der Waals surface area contributed by atoms with Crippen LogP contribution in [0.5, 0.6) is 0 Å². The van der Waals surface area contributed by atoms with Gasteiger partial charge in [-0.05, 0) is 49.8 Å². The van der Waals surface area contributed by atoms with Crippen LogP contribution in [0, 0.1) is 12.3 Å². The van der Waals surface area contributed by atoms with Crippen molar-refractivity contribution in [3.63, 3.8) is 0 Å². The second-order valence-electron chi connectivity index (χ2n) is 7.04. The van der Waals surface area contributed by atoms with E-state index in [1.807, 2.05) is 6.08 Å². The van der Waals surface area contributed by atoms with E-state index in [0.29, 0.717) is 0 Å². The first-order valence-corrected chi connectivity index (χ1v) is 7.90. The van der Waals surface area contributed by atoms with E-state index in [9.17, 15) is 5.11 Å². The Hall–Kier alpha value is -1.34. The van der Waals surface area contributed by atoms with E-state index in [-0.39, 0.29) is 5.41 Å². The number of rotatable bonds is 4. The third-order valence-electron chi connectivity index (χ3n) is 5.02. The number of aliphatic hydroxyl groups is 1. The van der Waals surface area contributed by atoms with Gasteiger partial charge >= 0.3 is 0 Å². The minimum Gasteiger partial charge on any atom is -0.380 e. The number of hydrogen-bond acceptors (Lipinski definition) is 1. The van der Waals surface area contributed by atoms with Crippen LogP contribution in [0.15, 0.2) is 42.0 Å². The molecule has 0 fully saturated rings. The van der Waals surface area contributed by atoms with Gasteiger partial charge in [0.2, 0.25) is 0 Å². The summed E-state index contributed by atoms with van der Waals surface area (Å²) in [5, 5.41) is 11.8. The fourth-order valence-electron chi connectivity index (χ4n) is 3.93. The van der Waals surface area contributed by atoms with Gasteiger partial charge in [0.1, 0.15) is 5.60 Å². The SMILES string of the molecule is C=CC/C(C)=C(\CC)C1(O)c2cc(C)ccc2CC1(C)C. The van der Waals surface area contributed by atoms with Gasteiger partial charge in [-0.2, -0.15) is 0 Å². The Balaban J connectivity index is 2.71. The lowest BCUT2D eigenvalue weighted by molar-refractivity contribution is -0.0281. The number of benzene rings is 1. The summed E-state index contributed by atoms with van der Waals surface area (Å²) in [6, 6.07) is 6.49. The van der Waals surface area contributed by atoms with Crippen molar-refractivity contribution in [3.05, 3.63) is 58.7 Å². The molecule has 0 aliphatic heterocycles. The van der Waals surface area contributed by atoms with E-state index in [0.717, 1.165) is 30.4 Å². The van der Waals surface area contributed by atoms with Crippen molar-refractivity contribution in [3.8, 4) is 0 Å². The number of hydrogen-bond donors (Lipinski definition) is 1. The molecule has 21 heavy (non-hydrogen) atoms. The first kappa shape index (κ1) is 16.0. The van der Waals surface area contributed by atoms with Gasteiger partial charge < -0.3 is 5.11 Å². The molecule has 0 aromatic heterocycles. The molecule has 0 bridgehead atoms. The van der Waals surface area contributed by atoms with Crippen molar-refractivity contribution in [2.75, 3.05) is 0 Å². The van der Waals surface area contributed by atoms with Gasteiger partial charge in [0.25, 0.3) is 0 Å². The van der Waals surface area contributed by atoms with Crippen molar-refractivity contribution in [1.29, 1.82) is 0 Å². The largest absolute Gasteiger partial charge is 0.380 e. The lowest BCUT2D eigenvalue weighted by Crippen LogP contribution is -2.40. The smallest absolute Gasteiger partial charge is 0.117 e. The average molecular weight is 284 g/mol. The van der Waals surface area contributed by atoms with Crippen LogP contribution >= 0.6 is 0 Å². The lowest BCUT2D eigenvalue weighted by Gasteiger charge is -2.41. The first-order chi connectivity index (χ1) is 9.77. The van der Waals surface area contributed by atoms with E-state index < -0.39 is 5.60 Å². The lowest BCUT2D eigenvalue weighted by atomic mass is 9.69. The predicted octanol–water partition coefficient (Wildman–Crippen LogP) is 5.07. The van der Waals surface area contributed by atoms with Gasteiger partial charge in [-0.3, -0.25) is 0 Å². The summed E-state index contributed by atoms with van der Waals surface area (Å²) in [6.07, 6.45) is 4.55. The van der Waals surface area contributed by atoms with Gasteiger partial charge in [0.05, 0.1) is 0 Å². The maximum Gasteiger partial charge on any atom is 0.117 e. The predicted molar refractivity (Wildman–Crippen MR) is 90.4 cm³/mol. The van der Waals surface area contributed by atoms with E-state index in [1.165, 1.54) is 16.7 Å². The molecule has 0 radical (unpaired) electrons. The molecule has 2 rings (SSSR count). The number of fused-ring (bicyclic) bond motifs is 1. The van der Waals surface area contributed by atoms with Gasteiger partial charge in [0, 0.05) is 5.41 Å². The molecule has 0 heterocycles. The second-order valence-corrected chi connectivity index (χ2v) is 7.04. The van der Waals surface area contributed by atoms with Crippen molar-refractivity contribution in [2.45, 2.75) is 59.5 Å².